The van der Waals surface area contributed by atoms with Crippen molar-refractivity contribution in [2.75, 3.05) is 25.5 Å². The monoisotopic (exact) mass is 277 g/mol. The highest BCUT2D eigenvalue weighted by Gasteiger charge is 2.15. The van der Waals surface area contributed by atoms with Crippen molar-refractivity contribution >= 4 is 11.4 Å². The second-order valence-electron chi connectivity index (χ2n) is 5.40. The summed E-state index contributed by atoms with van der Waals surface area (Å²) in [5.41, 5.74) is 1.76. The average Bonchev–Trinajstić information content (AvgIpc) is 2.41. The van der Waals surface area contributed by atoms with E-state index in [1.165, 1.54) is 32.1 Å². The van der Waals surface area contributed by atoms with Crippen molar-refractivity contribution in [3.8, 4) is 0 Å². The predicted molar refractivity (Wildman–Crippen MR) is 81.0 cm³/mol. The van der Waals surface area contributed by atoms with Crippen LogP contribution in [0.25, 0.3) is 0 Å². The van der Waals surface area contributed by atoms with Gasteiger partial charge in [-0.1, -0.05) is 25.3 Å². The summed E-state index contributed by atoms with van der Waals surface area (Å²) < 4.78 is 0. The van der Waals surface area contributed by atoms with Gasteiger partial charge in [-0.15, -0.1) is 0 Å². The van der Waals surface area contributed by atoms with E-state index in [4.69, 9.17) is 0 Å². The molecule has 5 nitrogen and oxygen atoms in total. The van der Waals surface area contributed by atoms with Gasteiger partial charge in [0.25, 0.3) is 5.69 Å². The molecule has 0 unspecified atom stereocenters. The molecule has 0 spiro atoms. The highest BCUT2D eigenvalue weighted by molar-refractivity contribution is 5.62. The molecule has 0 saturated carbocycles. The lowest BCUT2D eigenvalue weighted by Gasteiger charge is -2.24. The molecule has 1 fully saturated rings. The molecule has 0 radical (unpaired) electrons. The van der Waals surface area contributed by atoms with Crippen molar-refractivity contribution in [3.63, 3.8) is 0 Å². The van der Waals surface area contributed by atoms with E-state index in [9.17, 15) is 10.1 Å². The molecule has 1 aromatic carbocycles. The van der Waals surface area contributed by atoms with Crippen LogP contribution >= 0.6 is 0 Å². The summed E-state index contributed by atoms with van der Waals surface area (Å²) >= 11 is 0. The van der Waals surface area contributed by atoms with Crippen LogP contribution in [-0.4, -0.2) is 30.0 Å². The summed E-state index contributed by atoms with van der Waals surface area (Å²) in [5.74, 6) is 0. The smallest absolute Gasteiger partial charge is 0.292 e. The van der Waals surface area contributed by atoms with Crippen molar-refractivity contribution in [2.45, 2.75) is 38.6 Å². The summed E-state index contributed by atoms with van der Waals surface area (Å²) in [7, 11) is 1.71. The van der Waals surface area contributed by atoms with E-state index in [-0.39, 0.29) is 10.6 Å². The van der Waals surface area contributed by atoms with Crippen molar-refractivity contribution in [2.24, 2.45) is 0 Å². The fraction of sp³-hybridized carbons (Fsp3) is 0.600. The van der Waals surface area contributed by atoms with Crippen molar-refractivity contribution < 1.29 is 4.92 Å². The van der Waals surface area contributed by atoms with Gasteiger partial charge < -0.3 is 5.32 Å². The highest BCUT2D eigenvalue weighted by Crippen LogP contribution is 2.26. The fourth-order valence-electron chi connectivity index (χ4n) is 2.77. The van der Waals surface area contributed by atoms with Gasteiger partial charge in [-0.3, -0.25) is 15.0 Å². The van der Waals surface area contributed by atoms with Gasteiger partial charge in [0.05, 0.1) is 4.92 Å². The topological polar surface area (TPSA) is 58.4 Å². The number of anilines is 1. The predicted octanol–water partition coefficient (Wildman–Crippen LogP) is 3.40. The van der Waals surface area contributed by atoms with Crippen molar-refractivity contribution in [3.05, 3.63) is 33.9 Å². The second-order valence-corrected chi connectivity index (χ2v) is 5.40. The molecule has 1 heterocycles. The minimum Gasteiger partial charge on any atom is -0.383 e. The van der Waals surface area contributed by atoms with E-state index < -0.39 is 0 Å². The summed E-state index contributed by atoms with van der Waals surface area (Å²) in [6.07, 6.45) is 6.41. The zero-order valence-corrected chi connectivity index (χ0v) is 12.1. The zero-order chi connectivity index (χ0) is 14.4. The standard InChI is InChI=1S/C15H23N3O2/c1-16-14-8-7-13(11-15(14)18(19)20)12-17-9-5-3-2-4-6-10-17/h7-8,11,16H,2-6,9-10,12H2,1H3. The lowest BCUT2D eigenvalue weighted by molar-refractivity contribution is -0.384. The van der Waals surface area contributed by atoms with E-state index in [0.29, 0.717) is 5.69 Å². The summed E-state index contributed by atoms with van der Waals surface area (Å²) in [4.78, 5) is 13.2. The summed E-state index contributed by atoms with van der Waals surface area (Å²) in [5, 5.41) is 13.9. The van der Waals surface area contributed by atoms with Gasteiger partial charge in [-0.2, -0.15) is 0 Å². The Bertz CT molecular complexity index is 454. The Balaban J connectivity index is 2.08. The maximum Gasteiger partial charge on any atom is 0.292 e. The molecule has 1 N–H and O–H groups in total. The van der Waals surface area contributed by atoms with Crippen molar-refractivity contribution in [1.29, 1.82) is 0 Å². The van der Waals surface area contributed by atoms with Gasteiger partial charge in [0.2, 0.25) is 0 Å². The molecule has 0 bridgehead atoms. The normalized spacial score (nSPS) is 17.2. The molecule has 1 aliphatic heterocycles. The Morgan fingerprint density at radius 1 is 1.20 bits per heavy atom. The number of hydrogen-bond acceptors (Lipinski definition) is 4. The molecule has 20 heavy (non-hydrogen) atoms. The molecule has 110 valence electrons. The second kappa shape index (κ2) is 7.24. The van der Waals surface area contributed by atoms with Gasteiger partial charge in [0.1, 0.15) is 5.69 Å². The number of benzene rings is 1. The molecule has 0 atom stereocenters. The maximum atomic E-state index is 11.1. The molecule has 0 amide bonds. The Labute approximate surface area is 120 Å². The van der Waals surface area contributed by atoms with Crippen molar-refractivity contribution in [1.82, 2.24) is 4.90 Å². The number of rotatable bonds is 4. The van der Waals surface area contributed by atoms with Crippen LogP contribution in [0.15, 0.2) is 18.2 Å². The molecular formula is C15H23N3O2. The fourth-order valence-corrected chi connectivity index (χ4v) is 2.77. The molecule has 2 rings (SSSR count). The van der Waals surface area contributed by atoms with E-state index in [1.807, 2.05) is 6.07 Å². The first-order chi connectivity index (χ1) is 9.70. The number of hydrogen-bond donors (Lipinski definition) is 1. The number of nitro groups is 1. The van der Waals surface area contributed by atoms with Gasteiger partial charge in [0, 0.05) is 19.7 Å². The van der Waals surface area contributed by atoms with E-state index >= 15 is 0 Å². The van der Waals surface area contributed by atoms with E-state index in [0.717, 1.165) is 25.2 Å². The van der Waals surface area contributed by atoms with Gasteiger partial charge in [-0.05, 0) is 37.6 Å². The Kier molecular flexibility index (Phi) is 5.35. The first kappa shape index (κ1) is 14.8. The quantitative estimate of drug-likeness (QED) is 0.677. The van der Waals surface area contributed by atoms with Gasteiger partial charge in [0.15, 0.2) is 0 Å². The van der Waals surface area contributed by atoms with Crippen LogP contribution in [0.4, 0.5) is 11.4 Å². The lowest BCUT2D eigenvalue weighted by Crippen LogP contribution is -2.26. The Morgan fingerprint density at radius 2 is 1.85 bits per heavy atom. The van der Waals surface area contributed by atoms with Crippen LogP contribution < -0.4 is 5.32 Å². The Morgan fingerprint density at radius 3 is 2.45 bits per heavy atom. The SMILES string of the molecule is CNc1ccc(CN2CCCCCCC2)cc1[N+](=O)[O-]. The first-order valence-electron chi connectivity index (χ1n) is 7.38. The molecule has 1 aliphatic rings. The van der Waals surface area contributed by atoms with Crippen LogP contribution in [-0.2, 0) is 6.54 Å². The number of nitro benzene ring substituents is 1. The molecule has 1 saturated heterocycles. The average molecular weight is 277 g/mol. The largest absolute Gasteiger partial charge is 0.383 e. The lowest BCUT2D eigenvalue weighted by atomic mass is 10.1. The van der Waals surface area contributed by atoms with Crippen LogP contribution in [0.1, 0.15) is 37.7 Å². The summed E-state index contributed by atoms with van der Waals surface area (Å²) in [6, 6.07) is 5.49. The summed E-state index contributed by atoms with van der Waals surface area (Å²) in [6.45, 7) is 3.01. The number of nitrogens with one attached hydrogen (secondary N) is 1. The van der Waals surface area contributed by atoms with Crippen LogP contribution in [0.2, 0.25) is 0 Å². The van der Waals surface area contributed by atoms with Gasteiger partial charge in [-0.25, -0.2) is 0 Å². The highest BCUT2D eigenvalue weighted by atomic mass is 16.6. The third kappa shape index (κ3) is 3.93. The molecular weight excluding hydrogens is 254 g/mol. The number of likely N-dealkylation sites (tertiary alicyclic amines) is 1. The Hall–Kier alpha value is -1.62. The minimum atomic E-state index is -0.317. The van der Waals surface area contributed by atoms with Crippen LogP contribution in [0.3, 0.4) is 0 Å². The first-order valence-corrected chi connectivity index (χ1v) is 7.38. The number of nitrogens with zero attached hydrogens (tertiary/aromatic N) is 2. The molecule has 1 aromatic rings. The van der Waals surface area contributed by atoms with Crippen LogP contribution in [0.5, 0.6) is 0 Å². The van der Waals surface area contributed by atoms with Crippen LogP contribution in [0, 0.1) is 10.1 Å². The third-order valence-corrected chi connectivity index (χ3v) is 3.88. The van der Waals surface area contributed by atoms with E-state index in [2.05, 4.69) is 10.2 Å². The maximum absolute atomic E-state index is 11.1. The molecule has 5 heteroatoms. The van der Waals surface area contributed by atoms with Gasteiger partial charge >= 0.3 is 0 Å². The third-order valence-electron chi connectivity index (χ3n) is 3.88. The van der Waals surface area contributed by atoms with E-state index in [1.54, 1.807) is 19.2 Å². The minimum absolute atomic E-state index is 0.164. The molecule has 0 aromatic heterocycles. The zero-order valence-electron chi connectivity index (χ0n) is 12.1. The molecule has 0 aliphatic carbocycles.